The molecule has 5 heteroatoms. The number of hydrogen-bond donors (Lipinski definition) is 4. The Morgan fingerprint density at radius 3 is 2.70 bits per heavy atom. The number of H-pyrrole nitrogens is 1. The van der Waals surface area contributed by atoms with E-state index in [0.717, 1.165) is 53.7 Å². The molecule has 0 bridgehead atoms. The summed E-state index contributed by atoms with van der Waals surface area (Å²) in [6, 6.07) is 16.3. The summed E-state index contributed by atoms with van der Waals surface area (Å²) in [5.74, 6) is 0.305. The number of rotatable bonds is 4. The van der Waals surface area contributed by atoms with Gasteiger partial charge in [-0.3, -0.25) is 0 Å². The van der Waals surface area contributed by atoms with Crippen LogP contribution in [0.5, 0.6) is 0 Å². The van der Waals surface area contributed by atoms with Crippen molar-refractivity contribution < 1.29 is 5.21 Å². The molecule has 4 rings (SSSR count). The number of nitrogens with one attached hydrogen (secondary N) is 2. The fraction of sp³-hybridized carbons (Fsp3) is 0.227. The van der Waals surface area contributed by atoms with Crippen LogP contribution in [0.3, 0.4) is 0 Å². The Morgan fingerprint density at radius 1 is 1.11 bits per heavy atom. The Labute approximate surface area is 158 Å². The molecule has 1 saturated heterocycles. The maximum Gasteiger partial charge on any atom is 0.114 e. The Bertz CT molecular complexity index is 996. The second-order valence-electron chi connectivity index (χ2n) is 6.92. The first-order chi connectivity index (χ1) is 13.3. The highest BCUT2D eigenvalue weighted by Crippen LogP contribution is 2.31. The SMILES string of the molecule is N/C=C(\C(=N\O)c1cccc(-c2c[nH]c3ccccc23)c1)C1CCNCC1. The number of hydrogen-bond acceptors (Lipinski definition) is 4. The topological polar surface area (TPSA) is 86.4 Å². The predicted molar refractivity (Wildman–Crippen MR) is 110 cm³/mol. The van der Waals surface area contributed by atoms with Gasteiger partial charge in [0.05, 0.1) is 0 Å². The number of aromatic amines is 1. The van der Waals surface area contributed by atoms with Crippen LogP contribution in [0.4, 0.5) is 0 Å². The molecule has 1 aliphatic heterocycles. The summed E-state index contributed by atoms with van der Waals surface area (Å²) in [6.45, 7) is 1.91. The average molecular weight is 360 g/mol. The van der Waals surface area contributed by atoms with Crippen molar-refractivity contribution >= 4 is 16.6 Å². The van der Waals surface area contributed by atoms with Gasteiger partial charge in [0.2, 0.25) is 0 Å². The number of allylic oxidation sites excluding steroid dienone is 1. The van der Waals surface area contributed by atoms with Gasteiger partial charge in [-0.25, -0.2) is 0 Å². The van der Waals surface area contributed by atoms with Crippen LogP contribution in [-0.4, -0.2) is 29.0 Å². The molecule has 0 radical (unpaired) electrons. The highest BCUT2D eigenvalue weighted by Gasteiger charge is 2.23. The zero-order valence-corrected chi connectivity index (χ0v) is 15.2. The van der Waals surface area contributed by atoms with Gasteiger partial charge in [-0.2, -0.15) is 0 Å². The molecule has 0 amide bonds. The smallest absolute Gasteiger partial charge is 0.114 e. The van der Waals surface area contributed by atoms with Gasteiger partial charge in [0.1, 0.15) is 5.71 Å². The molecular formula is C22H24N4O. The standard InChI is InChI=1S/C22H24N4O/c23-13-19(15-8-10-24-11-9-15)22(26-27)17-5-3-4-16(12-17)20-14-25-21-7-2-1-6-18(20)21/h1-7,12-15,24-25,27H,8-11,23H2/b19-13-,26-22+. The Balaban J connectivity index is 1.72. The molecule has 138 valence electrons. The summed E-state index contributed by atoms with van der Waals surface area (Å²) in [5, 5.41) is 17.9. The van der Waals surface area contributed by atoms with E-state index in [-0.39, 0.29) is 0 Å². The van der Waals surface area contributed by atoms with Gasteiger partial charge in [-0.1, -0.05) is 41.6 Å². The number of piperidine rings is 1. The van der Waals surface area contributed by atoms with Gasteiger partial charge in [0.15, 0.2) is 0 Å². The van der Waals surface area contributed by atoms with E-state index in [2.05, 4.69) is 39.7 Å². The molecule has 0 aliphatic carbocycles. The molecular weight excluding hydrogens is 336 g/mol. The monoisotopic (exact) mass is 360 g/mol. The van der Waals surface area contributed by atoms with E-state index in [1.165, 1.54) is 5.39 Å². The molecule has 2 heterocycles. The summed E-state index contributed by atoms with van der Waals surface area (Å²) in [4.78, 5) is 3.32. The van der Waals surface area contributed by atoms with Crippen LogP contribution in [0.2, 0.25) is 0 Å². The second-order valence-corrected chi connectivity index (χ2v) is 6.92. The minimum Gasteiger partial charge on any atom is -0.410 e. The van der Waals surface area contributed by atoms with E-state index in [0.29, 0.717) is 11.6 Å². The summed E-state index contributed by atoms with van der Waals surface area (Å²) >= 11 is 0. The molecule has 0 atom stereocenters. The zero-order valence-electron chi connectivity index (χ0n) is 15.2. The predicted octanol–water partition coefficient (Wildman–Crippen LogP) is 3.86. The molecule has 0 saturated carbocycles. The fourth-order valence-electron chi connectivity index (χ4n) is 3.97. The van der Waals surface area contributed by atoms with Crippen LogP contribution in [-0.2, 0) is 0 Å². The molecule has 0 unspecified atom stereocenters. The molecule has 3 aromatic rings. The second kappa shape index (κ2) is 7.68. The van der Waals surface area contributed by atoms with Crippen molar-refractivity contribution in [2.45, 2.75) is 12.8 Å². The molecule has 5 nitrogen and oxygen atoms in total. The summed E-state index contributed by atoms with van der Waals surface area (Å²) < 4.78 is 0. The third-order valence-corrected chi connectivity index (χ3v) is 5.37. The molecule has 2 aromatic carbocycles. The van der Waals surface area contributed by atoms with Crippen LogP contribution in [0.15, 0.2) is 71.7 Å². The van der Waals surface area contributed by atoms with Crippen LogP contribution in [0.1, 0.15) is 18.4 Å². The highest BCUT2D eigenvalue weighted by molar-refractivity contribution is 6.13. The van der Waals surface area contributed by atoms with Crippen LogP contribution >= 0.6 is 0 Å². The minimum absolute atomic E-state index is 0.305. The van der Waals surface area contributed by atoms with Crippen LogP contribution in [0.25, 0.3) is 22.0 Å². The van der Waals surface area contributed by atoms with Crippen molar-refractivity contribution in [1.29, 1.82) is 0 Å². The quantitative estimate of drug-likeness (QED) is 0.324. The van der Waals surface area contributed by atoms with Gasteiger partial charge in [-0.15, -0.1) is 0 Å². The minimum atomic E-state index is 0.305. The van der Waals surface area contributed by atoms with Gasteiger partial charge in [-0.05, 0) is 55.7 Å². The Kier molecular flexibility index (Phi) is 4.94. The van der Waals surface area contributed by atoms with Crippen molar-refractivity contribution in [3.8, 4) is 11.1 Å². The lowest BCUT2D eigenvalue weighted by Gasteiger charge is -2.25. The van der Waals surface area contributed by atoms with Crippen molar-refractivity contribution in [3.63, 3.8) is 0 Å². The molecule has 27 heavy (non-hydrogen) atoms. The van der Waals surface area contributed by atoms with E-state index >= 15 is 0 Å². The number of oxime groups is 1. The summed E-state index contributed by atoms with van der Waals surface area (Å²) in [7, 11) is 0. The number of aromatic nitrogens is 1. The molecule has 1 aromatic heterocycles. The normalized spacial score (nSPS) is 16.7. The average Bonchev–Trinajstić information content (AvgIpc) is 3.17. The van der Waals surface area contributed by atoms with E-state index in [1.807, 2.05) is 30.5 Å². The van der Waals surface area contributed by atoms with Crippen molar-refractivity contribution in [2.75, 3.05) is 13.1 Å². The first kappa shape index (κ1) is 17.4. The van der Waals surface area contributed by atoms with Crippen molar-refractivity contribution in [2.24, 2.45) is 16.8 Å². The maximum absolute atomic E-state index is 9.77. The number of nitrogens with two attached hydrogens (primary N) is 1. The fourth-order valence-corrected chi connectivity index (χ4v) is 3.97. The summed E-state index contributed by atoms with van der Waals surface area (Å²) in [6.07, 6.45) is 5.60. The molecule has 0 spiro atoms. The van der Waals surface area contributed by atoms with Gasteiger partial charge in [0, 0.05) is 33.8 Å². The van der Waals surface area contributed by atoms with E-state index < -0.39 is 0 Å². The van der Waals surface area contributed by atoms with Crippen LogP contribution in [0, 0.1) is 5.92 Å². The summed E-state index contributed by atoms with van der Waals surface area (Å²) in [5.41, 5.74) is 11.6. The third-order valence-electron chi connectivity index (χ3n) is 5.37. The van der Waals surface area contributed by atoms with E-state index in [9.17, 15) is 5.21 Å². The lowest BCUT2D eigenvalue weighted by Crippen LogP contribution is -2.31. The third kappa shape index (κ3) is 3.34. The van der Waals surface area contributed by atoms with Crippen molar-refractivity contribution in [1.82, 2.24) is 10.3 Å². The van der Waals surface area contributed by atoms with Crippen molar-refractivity contribution in [3.05, 3.63) is 72.1 Å². The lowest BCUT2D eigenvalue weighted by atomic mass is 9.85. The Hall–Kier alpha value is -3.05. The maximum atomic E-state index is 9.77. The largest absolute Gasteiger partial charge is 0.410 e. The number of para-hydroxylation sites is 1. The Morgan fingerprint density at radius 2 is 1.93 bits per heavy atom. The first-order valence-electron chi connectivity index (χ1n) is 9.33. The van der Waals surface area contributed by atoms with Gasteiger partial charge in [0.25, 0.3) is 0 Å². The number of benzene rings is 2. The number of fused-ring (bicyclic) bond motifs is 1. The first-order valence-corrected chi connectivity index (χ1v) is 9.33. The van der Waals surface area contributed by atoms with E-state index in [4.69, 9.17) is 5.73 Å². The lowest BCUT2D eigenvalue weighted by molar-refractivity contribution is 0.318. The molecule has 1 aliphatic rings. The number of nitrogens with zero attached hydrogens (tertiary/aromatic N) is 1. The van der Waals surface area contributed by atoms with E-state index in [1.54, 1.807) is 6.20 Å². The zero-order chi connectivity index (χ0) is 18.6. The van der Waals surface area contributed by atoms with Gasteiger partial charge >= 0.3 is 0 Å². The molecule has 1 fully saturated rings. The van der Waals surface area contributed by atoms with Crippen LogP contribution < -0.4 is 11.1 Å². The van der Waals surface area contributed by atoms with Gasteiger partial charge < -0.3 is 21.2 Å². The highest BCUT2D eigenvalue weighted by atomic mass is 16.4. The molecule has 5 N–H and O–H groups in total.